The Kier molecular flexibility index (Phi) is 12.5. The van der Waals surface area contributed by atoms with Gasteiger partial charge in [-0.05, 0) is 0 Å². The summed E-state index contributed by atoms with van der Waals surface area (Å²) in [6.45, 7) is 34.3. The molecule has 0 saturated heterocycles. The van der Waals surface area contributed by atoms with E-state index in [1.807, 2.05) is 125 Å². The second-order valence-corrected chi connectivity index (χ2v) is 19.5. The SMILES string of the molecule is CC(C)(C)C(=O)C=C([O][Ga]([O]C(=CC(=O)C(C)(C)C)C(C)(C)C)[O]C(=CC(=O)C(C)(C)C)C(C)(C)C)C(C)(C)C. The molecule has 0 aromatic rings. The third-order valence-electron chi connectivity index (χ3n) is 5.89. The molecule has 0 rings (SSSR count). The topological polar surface area (TPSA) is 78.9 Å². The predicted octanol–water partition coefficient (Wildman–Crippen LogP) is 8.66. The van der Waals surface area contributed by atoms with Gasteiger partial charge in [-0.25, -0.2) is 0 Å². The number of carbonyl (C=O) groups excluding carboxylic acids is 3. The summed E-state index contributed by atoms with van der Waals surface area (Å²) in [7, 11) is 0. The summed E-state index contributed by atoms with van der Waals surface area (Å²) in [5.41, 5.74) is -3.40. The summed E-state index contributed by atoms with van der Waals surface area (Å²) in [5.74, 6) is 1.10. The Hall–Kier alpha value is -1.73. The van der Waals surface area contributed by atoms with Gasteiger partial charge in [-0.2, -0.15) is 0 Å². The van der Waals surface area contributed by atoms with Gasteiger partial charge < -0.3 is 0 Å². The monoisotopic (exact) mass is 618 g/mol. The van der Waals surface area contributed by atoms with Crippen LogP contribution < -0.4 is 0 Å². The van der Waals surface area contributed by atoms with Gasteiger partial charge in [0.15, 0.2) is 0 Å². The zero-order valence-corrected chi connectivity index (χ0v) is 31.2. The van der Waals surface area contributed by atoms with E-state index < -0.39 is 49.8 Å². The minimum atomic E-state index is -3.85. The van der Waals surface area contributed by atoms with Crippen LogP contribution in [0.25, 0.3) is 0 Å². The second kappa shape index (κ2) is 13.1. The van der Waals surface area contributed by atoms with Crippen LogP contribution in [0, 0.1) is 32.5 Å². The average Bonchev–Trinajstić information content (AvgIpc) is 2.67. The van der Waals surface area contributed by atoms with Crippen molar-refractivity contribution in [1.29, 1.82) is 0 Å². The molecule has 0 heterocycles. The van der Waals surface area contributed by atoms with E-state index in [1.54, 1.807) is 0 Å². The molecular weight excluding hydrogens is 562 g/mol. The summed E-state index contributed by atoms with van der Waals surface area (Å²) in [5, 5.41) is 0. The molecule has 228 valence electrons. The fourth-order valence-electron chi connectivity index (χ4n) is 2.67. The van der Waals surface area contributed by atoms with Gasteiger partial charge in [-0.15, -0.1) is 0 Å². The second-order valence-electron chi connectivity index (χ2n) is 16.8. The van der Waals surface area contributed by atoms with Crippen LogP contribution in [0.4, 0.5) is 0 Å². The fraction of sp³-hybridized carbons (Fsp3) is 0.727. The van der Waals surface area contributed by atoms with E-state index in [2.05, 4.69) is 0 Å². The number of ketones is 3. The number of hydrogen-bond donors (Lipinski definition) is 0. The van der Waals surface area contributed by atoms with Crippen LogP contribution in [0.3, 0.4) is 0 Å². The van der Waals surface area contributed by atoms with Gasteiger partial charge in [0.1, 0.15) is 0 Å². The molecule has 0 bridgehead atoms. The number of allylic oxidation sites excluding steroid dienone is 6. The van der Waals surface area contributed by atoms with E-state index >= 15 is 0 Å². The van der Waals surface area contributed by atoms with Crippen molar-refractivity contribution in [2.24, 2.45) is 32.5 Å². The predicted molar refractivity (Wildman–Crippen MR) is 165 cm³/mol. The van der Waals surface area contributed by atoms with Crippen LogP contribution in [0.1, 0.15) is 125 Å². The van der Waals surface area contributed by atoms with Gasteiger partial charge in [-0.3, -0.25) is 0 Å². The number of hydrogen-bond acceptors (Lipinski definition) is 6. The molecule has 0 fully saturated rings. The first-order valence-electron chi connectivity index (χ1n) is 14.2. The van der Waals surface area contributed by atoms with Crippen molar-refractivity contribution in [3.8, 4) is 0 Å². The van der Waals surface area contributed by atoms with Crippen molar-refractivity contribution in [3.05, 3.63) is 35.5 Å². The van der Waals surface area contributed by atoms with Crippen molar-refractivity contribution in [2.45, 2.75) is 125 Å². The van der Waals surface area contributed by atoms with E-state index in [9.17, 15) is 14.4 Å². The number of rotatable bonds is 9. The average molecular weight is 620 g/mol. The van der Waals surface area contributed by atoms with Gasteiger partial charge in [0.2, 0.25) is 0 Å². The van der Waals surface area contributed by atoms with Crippen LogP contribution in [-0.4, -0.2) is 34.7 Å². The van der Waals surface area contributed by atoms with Crippen molar-refractivity contribution >= 4 is 34.7 Å². The molecule has 0 spiro atoms. The summed E-state index contributed by atoms with van der Waals surface area (Å²) in [4.78, 5) is 39.1. The molecule has 0 aromatic carbocycles. The van der Waals surface area contributed by atoms with Gasteiger partial charge in [-0.1, -0.05) is 0 Å². The van der Waals surface area contributed by atoms with E-state index in [0.717, 1.165) is 0 Å². The van der Waals surface area contributed by atoms with E-state index in [1.165, 1.54) is 18.2 Å². The molecule has 0 aliphatic heterocycles. The quantitative estimate of drug-likeness (QED) is 0.146. The van der Waals surface area contributed by atoms with Crippen molar-refractivity contribution in [2.75, 3.05) is 0 Å². The molecule has 0 unspecified atom stereocenters. The maximum atomic E-state index is 13.0. The third-order valence-corrected chi connectivity index (χ3v) is 8.70. The Balaban J connectivity index is 7.14. The summed E-state index contributed by atoms with van der Waals surface area (Å²) >= 11 is -3.85. The molecule has 0 amide bonds. The van der Waals surface area contributed by atoms with Gasteiger partial charge in [0.25, 0.3) is 0 Å². The van der Waals surface area contributed by atoms with Crippen LogP contribution in [0.5, 0.6) is 0 Å². The first-order chi connectivity index (χ1) is 17.4. The Labute approximate surface area is 251 Å². The van der Waals surface area contributed by atoms with Crippen molar-refractivity contribution < 1.29 is 25.0 Å². The first-order valence-corrected chi connectivity index (χ1v) is 17.1. The molecule has 0 radical (unpaired) electrons. The van der Waals surface area contributed by atoms with E-state index in [4.69, 9.17) is 10.6 Å². The van der Waals surface area contributed by atoms with E-state index in [-0.39, 0.29) is 17.3 Å². The molecule has 0 saturated carbocycles. The molecule has 40 heavy (non-hydrogen) atoms. The normalized spacial score (nSPS) is 15.0. The Bertz CT molecular complexity index is 885. The molecule has 6 nitrogen and oxygen atoms in total. The fourth-order valence-corrected chi connectivity index (χ4v) is 6.93. The van der Waals surface area contributed by atoms with Crippen LogP contribution in [0.15, 0.2) is 35.5 Å². The minimum absolute atomic E-state index is 0.0810. The van der Waals surface area contributed by atoms with Gasteiger partial charge in [0.05, 0.1) is 0 Å². The van der Waals surface area contributed by atoms with Crippen LogP contribution in [-0.2, 0) is 25.0 Å². The zero-order valence-electron chi connectivity index (χ0n) is 28.8. The standard InChI is InChI=1S/3C11H20O2.Ga/c3*1-10(2,3)8(12)7-9(13)11(4,5)6;/h3*7,12H,1-6H3;/q;;;+3/p-3. The van der Waals surface area contributed by atoms with Crippen molar-refractivity contribution in [1.82, 2.24) is 0 Å². The molecular formula is C33H57GaO6. The molecule has 0 aliphatic rings. The zero-order chi connectivity index (χ0) is 32.3. The van der Waals surface area contributed by atoms with Crippen molar-refractivity contribution in [3.63, 3.8) is 0 Å². The Morgan fingerprint density at radius 3 is 0.675 bits per heavy atom. The summed E-state index contributed by atoms with van der Waals surface area (Å²) < 4.78 is 19.6. The molecule has 0 N–H and O–H groups in total. The van der Waals surface area contributed by atoms with Gasteiger partial charge >= 0.3 is 252 Å². The Morgan fingerprint density at radius 2 is 0.550 bits per heavy atom. The summed E-state index contributed by atoms with van der Waals surface area (Å²) in [6.07, 6.45) is 4.60. The van der Waals surface area contributed by atoms with Crippen LogP contribution >= 0.6 is 0 Å². The molecule has 0 aliphatic carbocycles. The van der Waals surface area contributed by atoms with Gasteiger partial charge in [0, 0.05) is 0 Å². The molecule has 0 aromatic heterocycles. The third kappa shape index (κ3) is 13.3. The van der Waals surface area contributed by atoms with E-state index in [0.29, 0.717) is 17.3 Å². The molecule has 0 atom stereocenters. The molecule has 7 heteroatoms. The summed E-state index contributed by atoms with van der Waals surface area (Å²) in [6, 6.07) is 0. The maximum absolute atomic E-state index is 13.0. The number of carbonyl (C=O) groups is 3. The first kappa shape index (κ1) is 38.3. The Morgan fingerprint density at radius 1 is 0.375 bits per heavy atom. The van der Waals surface area contributed by atoms with Crippen LogP contribution in [0.2, 0.25) is 0 Å².